The Bertz CT molecular complexity index is 626. The van der Waals surface area contributed by atoms with E-state index in [2.05, 4.69) is 31.9 Å². The summed E-state index contributed by atoms with van der Waals surface area (Å²) < 4.78 is 12.3. The molecule has 0 unspecified atom stereocenters. The Morgan fingerprint density at radius 3 is 1.64 bits per heavy atom. The SMILES string of the molecule is Cc1cc(Br)ccc1COC(=O)OCc1ccc(Br)cc1C. The van der Waals surface area contributed by atoms with E-state index in [1.54, 1.807) is 0 Å². The van der Waals surface area contributed by atoms with Crippen molar-refractivity contribution < 1.29 is 14.3 Å². The maximum absolute atomic E-state index is 11.7. The van der Waals surface area contributed by atoms with Gasteiger partial charge in [-0.05, 0) is 60.4 Å². The molecule has 0 spiro atoms. The first-order chi connectivity index (χ1) is 10.5. The largest absolute Gasteiger partial charge is 0.508 e. The lowest BCUT2D eigenvalue weighted by Crippen LogP contribution is -2.08. The van der Waals surface area contributed by atoms with Gasteiger partial charge in [-0.25, -0.2) is 4.79 Å². The molecule has 0 atom stereocenters. The highest BCUT2D eigenvalue weighted by Crippen LogP contribution is 2.18. The van der Waals surface area contributed by atoms with Crippen LogP contribution >= 0.6 is 31.9 Å². The van der Waals surface area contributed by atoms with Crippen LogP contribution in [-0.4, -0.2) is 6.16 Å². The van der Waals surface area contributed by atoms with Gasteiger partial charge < -0.3 is 9.47 Å². The number of benzene rings is 2. The summed E-state index contributed by atoms with van der Waals surface area (Å²) in [4.78, 5) is 11.7. The van der Waals surface area contributed by atoms with Gasteiger partial charge in [-0.3, -0.25) is 0 Å². The van der Waals surface area contributed by atoms with E-state index in [0.29, 0.717) is 0 Å². The molecular weight excluding hydrogens is 412 g/mol. The molecule has 0 bridgehead atoms. The third kappa shape index (κ3) is 4.85. The Morgan fingerprint density at radius 1 is 0.864 bits per heavy atom. The summed E-state index contributed by atoms with van der Waals surface area (Å²) in [5.41, 5.74) is 4.04. The van der Waals surface area contributed by atoms with Gasteiger partial charge in [0.15, 0.2) is 0 Å². The van der Waals surface area contributed by atoms with Crippen LogP contribution in [0.4, 0.5) is 4.79 Å². The van der Waals surface area contributed by atoms with Gasteiger partial charge in [0.25, 0.3) is 0 Å². The predicted molar refractivity (Wildman–Crippen MR) is 92.7 cm³/mol. The summed E-state index contributed by atoms with van der Waals surface area (Å²) in [6.07, 6.45) is -0.662. The highest BCUT2D eigenvalue weighted by Gasteiger charge is 2.08. The fraction of sp³-hybridized carbons (Fsp3) is 0.235. The molecule has 0 aliphatic carbocycles. The lowest BCUT2D eigenvalue weighted by molar-refractivity contribution is 0.0444. The topological polar surface area (TPSA) is 35.5 Å². The molecule has 0 saturated heterocycles. The van der Waals surface area contributed by atoms with E-state index in [4.69, 9.17) is 9.47 Å². The first-order valence-corrected chi connectivity index (χ1v) is 8.34. The Kier molecular flexibility index (Phi) is 6.03. The number of halogens is 2. The van der Waals surface area contributed by atoms with Crippen molar-refractivity contribution in [3.63, 3.8) is 0 Å². The van der Waals surface area contributed by atoms with Crippen LogP contribution in [0.25, 0.3) is 0 Å². The van der Waals surface area contributed by atoms with Crippen molar-refractivity contribution >= 4 is 38.0 Å². The first kappa shape index (κ1) is 17.0. The van der Waals surface area contributed by atoms with Crippen molar-refractivity contribution in [1.82, 2.24) is 0 Å². The number of aryl methyl sites for hydroxylation is 2. The molecule has 0 aromatic heterocycles. The van der Waals surface area contributed by atoms with Gasteiger partial charge in [-0.15, -0.1) is 0 Å². The lowest BCUT2D eigenvalue weighted by atomic mass is 10.1. The quantitative estimate of drug-likeness (QED) is 0.588. The molecule has 0 aliphatic rings. The van der Waals surface area contributed by atoms with Crippen LogP contribution in [0.3, 0.4) is 0 Å². The number of carbonyl (C=O) groups is 1. The smallest absolute Gasteiger partial charge is 0.429 e. The average molecular weight is 428 g/mol. The first-order valence-electron chi connectivity index (χ1n) is 6.75. The minimum absolute atomic E-state index is 0.206. The second-order valence-corrected chi connectivity index (χ2v) is 6.80. The van der Waals surface area contributed by atoms with E-state index in [1.165, 1.54) is 0 Å². The Hall–Kier alpha value is -1.33. The van der Waals surface area contributed by atoms with Crippen LogP contribution in [0, 0.1) is 13.8 Å². The number of hydrogen-bond donors (Lipinski definition) is 0. The van der Waals surface area contributed by atoms with E-state index >= 15 is 0 Å². The molecule has 2 aromatic carbocycles. The van der Waals surface area contributed by atoms with Crippen LogP contribution < -0.4 is 0 Å². The molecule has 0 saturated carbocycles. The second kappa shape index (κ2) is 7.79. The van der Waals surface area contributed by atoms with E-state index in [1.807, 2.05) is 50.2 Å². The highest BCUT2D eigenvalue weighted by molar-refractivity contribution is 9.10. The summed E-state index contributed by atoms with van der Waals surface area (Å²) in [5.74, 6) is 0. The maximum Gasteiger partial charge on any atom is 0.508 e. The number of hydrogen-bond acceptors (Lipinski definition) is 3. The normalized spacial score (nSPS) is 10.4. The monoisotopic (exact) mass is 426 g/mol. The van der Waals surface area contributed by atoms with Gasteiger partial charge in [-0.1, -0.05) is 44.0 Å². The van der Waals surface area contributed by atoms with E-state index < -0.39 is 6.16 Å². The number of rotatable bonds is 4. The summed E-state index contributed by atoms with van der Waals surface area (Å²) in [6, 6.07) is 11.6. The fourth-order valence-electron chi connectivity index (χ4n) is 1.96. The average Bonchev–Trinajstić information content (AvgIpc) is 2.45. The van der Waals surface area contributed by atoms with Crippen molar-refractivity contribution in [3.8, 4) is 0 Å². The van der Waals surface area contributed by atoms with Gasteiger partial charge in [-0.2, -0.15) is 0 Å². The fourth-order valence-corrected chi connectivity index (χ4v) is 2.91. The van der Waals surface area contributed by atoms with Crippen molar-refractivity contribution in [2.24, 2.45) is 0 Å². The third-order valence-electron chi connectivity index (χ3n) is 3.30. The van der Waals surface area contributed by atoms with E-state index in [9.17, 15) is 4.79 Å². The number of carbonyl (C=O) groups excluding carboxylic acids is 1. The molecule has 2 aromatic rings. The Labute approximate surface area is 146 Å². The van der Waals surface area contributed by atoms with Crippen molar-refractivity contribution in [1.29, 1.82) is 0 Å². The summed E-state index contributed by atoms with van der Waals surface area (Å²) in [7, 11) is 0. The zero-order chi connectivity index (χ0) is 16.1. The molecule has 0 N–H and O–H groups in total. The van der Waals surface area contributed by atoms with E-state index in [-0.39, 0.29) is 13.2 Å². The van der Waals surface area contributed by atoms with Crippen LogP contribution in [0.5, 0.6) is 0 Å². The summed E-state index contributed by atoms with van der Waals surface area (Å²) >= 11 is 6.81. The van der Waals surface area contributed by atoms with Gasteiger partial charge in [0.1, 0.15) is 13.2 Å². The molecule has 0 fully saturated rings. The molecule has 0 radical (unpaired) electrons. The van der Waals surface area contributed by atoms with Crippen LogP contribution in [0.15, 0.2) is 45.3 Å². The van der Waals surface area contributed by atoms with Gasteiger partial charge >= 0.3 is 6.16 Å². The molecule has 3 nitrogen and oxygen atoms in total. The predicted octanol–water partition coefficient (Wildman–Crippen LogP) is 5.68. The molecular formula is C17H16Br2O3. The lowest BCUT2D eigenvalue weighted by Gasteiger charge is -2.10. The van der Waals surface area contributed by atoms with E-state index in [0.717, 1.165) is 31.2 Å². The molecule has 0 heterocycles. The zero-order valence-electron chi connectivity index (χ0n) is 12.4. The molecule has 0 aliphatic heterocycles. The van der Waals surface area contributed by atoms with Gasteiger partial charge in [0, 0.05) is 8.95 Å². The maximum atomic E-state index is 11.7. The van der Waals surface area contributed by atoms with Gasteiger partial charge in [0.05, 0.1) is 0 Å². The second-order valence-electron chi connectivity index (χ2n) is 4.97. The summed E-state index contributed by atoms with van der Waals surface area (Å²) in [5, 5.41) is 0. The molecule has 2 rings (SSSR count). The Morgan fingerprint density at radius 2 is 1.27 bits per heavy atom. The van der Waals surface area contributed by atoms with Crippen LogP contribution in [-0.2, 0) is 22.7 Å². The zero-order valence-corrected chi connectivity index (χ0v) is 15.5. The minimum atomic E-state index is -0.662. The molecule has 0 amide bonds. The standard InChI is InChI=1S/C17H16Br2O3/c1-11-7-15(18)5-3-13(11)9-21-17(20)22-10-14-4-6-16(19)8-12(14)2/h3-8H,9-10H2,1-2H3. The molecule has 116 valence electrons. The number of ether oxygens (including phenoxy) is 2. The third-order valence-corrected chi connectivity index (χ3v) is 4.29. The summed E-state index contributed by atoms with van der Waals surface area (Å²) in [6.45, 7) is 4.36. The molecule has 22 heavy (non-hydrogen) atoms. The van der Waals surface area contributed by atoms with Gasteiger partial charge in [0.2, 0.25) is 0 Å². The molecule has 5 heteroatoms. The highest BCUT2D eigenvalue weighted by atomic mass is 79.9. The Balaban J connectivity index is 1.85. The van der Waals surface area contributed by atoms with Crippen LogP contribution in [0.2, 0.25) is 0 Å². The van der Waals surface area contributed by atoms with Crippen LogP contribution in [0.1, 0.15) is 22.3 Å². The van der Waals surface area contributed by atoms with Crippen molar-refractivity contribution in [3.05, 3.63) is 67.6 Å². The van der Waals surface area contributed by atoms with Crippen molar-refractivity contribution in [2.45, 2.75) is 27.1 Å². The minimum Gasteiger partial charge on any atom is -0.429 e. The van der Waals surface area contributed by atoms with Crippen molar-refractivity contribution in [2.75, 3.05) is 0 Å².